The van der Waals surface area contributed by atoms with Gasteiger partial charge in [0.25, 0.3) is 0 Å². The van der Waals surface area contributed by atoms with Crippen LogP contribution in [0.25, 0.3) is 10.9 Å². The SMILES string of the molecule is O=C(Cc1c[nH]c2ccccc12)OCCOc1ccc(Cl)cc1. The minimum atomic E-state index is -0.269. The molecule has 0 aliphatic carbocycles. The van der Waals surface area contributed by atoms with Crippen LogP contribution in [0.4, 0.5) is 0 Å². The molecule has 23 heavy (non-hydrogen) atoms. The van der Waals surface area contributed by atoms with E-state index in [1.54, 1.807) is 24.3 Å². The Hall–Kier alpha value is -2.46. The number of carbonyl (C=O) groups is 1. The predicted octanol–water partition coefficient (Wildman–Crippen LogP) is 3.99. The number of esters is 1. The molecular formula is C18H16ClNO3. The zero-order chi connectivity index (χ0) is 16.1. The minimum absolute atomic E-state index is 0.212. The first-order valence-electron chi connectivity index (χ1n) is 7.31. The quantitative estimate of drug-likeness (QED) is 0.549. The van der Waals surface area contributed by atoms with Crippen LogP contribution < -0.4 is 4.74 Å². The lowest BCUT2D eigenvalue weighted by Crippen LogP contribution is -2.13. The molecule has 0 radical (unpaired) electrons. The summed E-state index contributed by atoms with van der Waals surface area (Å²) in [6.07, 6.45) is 2.08. The maximum absolute atomic E-state index is 11.9. The number of H-pyrrole nitrogens is 1. The van der Waals surface area contributed by atoms with Crippen LogP contribution in [0.1, 0.15) is 5.56 Å². The molecule has 3 aromatic rings. The monoisotopic (exact) mass is 329 g/mol. The molecule has 4 nitrogen and oxygen atoms in total. The third kappa shape index (κ3) is 4.05. The topological polar surface area (TPSA) is 51.3 Å². The molecule has 0 fully saturated rings. The van der Waals surface area contributed by atoms with Crippen molar-refractivity contribution in [2.24, 2.45) is 0 Å². The number of ether oxygens (including phenoxy) is 2. The van der Waals surface area contributed by atoms with E-state index in [9.17, 15) is 4.79 Å². The van der Waals surface area contributed by atoms with Gasteiger partial charge in [0.1, 0.15) is 19.0 Å². The molecule has 0 bridgehead atoms. The number of hydrogen-bond donors (Lipinski definition) is 1. The maximum atomic E-state index is 11.9. The van der Waals surface area contributed by atoms with Crippen molar-refractivity contribution in [2.45, 2.75) is 6.42 Å². The molecule has 3 rings (SSSR count). The second kappa shape index (κ2) is 7.20. The van der Waals surface area contributed by atoms with Crippen molar-refractivity contribution in [3.05, 3.63) is 65.3 Å². The van der Waals surface area contributed by atoms with E-state index in [4.69, 9.17) is 21.1 Å². The van der Waals surface area contributed by atoms with Crippen molar-refractivity contribution in [1.82, 2.24) is 4.98 Å². The number of hydrogen-bond acceptors (Lipinski definition) is 3. The molecule has 0 saturated heterocycles. The molecule has 1 N–H and O–H groups in total. The van der Waals surface area contributed by atoms with Gasteiger partial charge in [-0.1, -0.05) is 29.8 Å². The van der Waals surface area contributed by atoms with E-state index in [0.29, 0.717) is 17.4 Å². The second-order valence-corrected chi connectivity index (χ2v) is 5.50. The van der Waals surface area contributed by atoms with Crippen LogP contribution in [0.3, 0.4) is 0 Å². The molecule has 0 aliphatic heterocycles. The molecule has 0 spiro atoms. The number of halogens is 1. The standard InChI is InChI=1S/C18H16ClNO3/c19-14-5-7-15(8-6-14)22-9-10-23-18(21)11-13-12-20-17-4-2-1-3-16(13)17/h1-8,12,20H,9-11H2. The fraction of sp³-hybridized carbons (Fsp3) is 0.167. The van der Waals surface area contributed by atoms with Crippen molar-refractivity contribution in [1.29, 1.82) is 0 Å². The number of carbonyl (C=O) groups excluding carboxylic acids is 1. The van der Waals surface area contributed by atoms with Crippen molar-refractivity contribution >= 4 is 28.5 Å². The number of fused-ring (bicyclic) bond motifs is 1. The maximum Gasteiger partial charge on any atom is 0.310 e. The highest BCUT2D eigenvalue weighted by molar-refractivity contribution is 6.30. The van der Waals surface area contributed by atoms with Gasteiger partial charge in [0.2, 0.25) is 0 Å². The van der Waals surface area contributed by atoms with Crippen molar-refractivity contribution < 1.29 is 14.3 Å². The van der Waals surface area contributed by atoms with Gasteiger partial charge in [0.15, 0.2) is 0 Å². The lowest BCUT2D eigenvalue weighted by molar-refractivity contribution is -0.143. The van der Waals surface area contributed by atoms with Crippen LogP contribution in [0, 0.1) is 0 Å². The predicted molar refractivity (Wildman–Crippen MR) is 89.9 cm³/mol. The molecular weight excluding hydrogens is 314 g/mol. The Bertz CT molecular complexity index is 795. The van der Waals surface area contributed by atoms with E-state index in [2.05, 4.69) is 4.98 Å². The van der Waals surface area contributed by atoms with E-state index in [1.807, 2.05) is 30.5 Å². The third-order valence-electron chi connectivity index (χ3n) is 3.44. The molecule has 0 unspecified atom stereocenters. The summed E-state index contributed by atoms with van der Waals surface area (Å²) >= 11 is 5.80. The molecule has 0 amide bonds. The second-order valence-electron chi connectivity index (χ2n) is 5.06. The largest absolute Gasteiger partial charge is 0.490 e. The number of benzene rings is 2. The lowest BCUT2D eigenvalue weighted by atomic mass is 10.1. The summed E-state index contributed by atoms with van der Waals surface area (Å²) in [5, 5.41) is 1.70. The average molecular weight is 330 g/mol. The molecule has 1 heterocycles. The first-order chi connectivity index (χ1) is 11.2. The van der Waals surface area contributed by atoms with Gasteiger partial charge < -0.3 is 14.5 Å². The van der Waals surface area contributed by atoms with Gasteiger partial charge in [0, 0.05) is 22.1 Å². The summed E-state index contributed by atoms with van der Waals surface area (Å²) in [5.74, 6) is 0.427. The van der Waals surface area contributed by atoms with E-state index in [1.165, 1.54) is 0 Å². The minimum Gasteiger partial charge on any atom is -0.490 e. The van der Waals surface area contributed by atoms with Gasteiger partial charge in [-0.15, -0.1) is 0 Å². The molecule has 0 aliphatic rings. The summed E-state index contributed by atoms with van der Waals surface area (Å²) < 4.78 is 10.7. The van der Waals surface area contributed by atoms with Gasteiger partial charge in [0.05, 0.1) is 6.42 Å². The Labute approximate surface area is 139 Å². The summed E-state index contributed by atoms with van der Waals surface area (Å²) in [5.41, 5.74) is 1.95. The molecule has 0 saturated carbocycles. The van der Waals surface area contributed by atoms with Crippen molar-refractivity contribution in [2.75, 3.05) is 13.2 Å². The Morgan fingerprint density at radius 2 is 1.83 bits per heavy atom. The van der Waals surface area contributed by atoms with Crippen LogP contribution >= 0.6 is 11.6 Å². The lowest BCUT2D eigenvalue weighted by Gasteiger charge is -2.07. The molecule has 1 aromatic heterocycles. The Morgan fingerprint density at radius 1 is 1.04 bits per heavy atom. The van der Waals surface area contributed by atoms with Crippen LogP contribution in [0.5, 0.6) is 5.75 Å². The summed E-state index contributed by atoms with van der Waals surface area (Å²) in [7, 11) is 0. The van der Waals surface area contributed by atoms with Crippen molar-refractivity contribution in [3.63, 3.8) is 0 Å². The number of nitrogens with one attached hydrogen (secondary N) is 1. The number of rotatable bonds is 6. The highest BCUT2D eigenvalue weighted by Crippen LogP contribution is 2.18. The number of aromatic nitrogens is 1. The number of aromatic amines is 1. The average Bonchev–Trinajstić information content (AvgIpc) is 2.96. The van der Waals surface area contributed by atoms with Crippen LogP contribution in [0.15, 0.2) is 54.7 Å². The first-order valence-corrected chi connectivity index (χ1v) is 7.69. The van der Waals surface area contributed by atoms with Gasteiger partial charge in [-0.3, -0.25) is 4.79 Å². The Balaban J connectivity index is 1.45. The fourth-order valence-corrected chi connectivity index (χ4v) is 2.46. The van der Waals surface area contributed by atoms with Gasteiger partial charge in [-0.2, -0.15) is 0 Å². The summed E-state index contributed by atoms with van der Waals surface area (Å²) in [4.78, 5) is 15.0. The summed E-state index contributed by atoms with van der Waals surface area (Å²) in [6.45, 7) is 0.519. The Kier molecular flexibility index (Phi) is 4.83. The normalized spacial score (nSPS) is 10.7. The zero-order valence-corrected chi connectivity index (χ0v) is 13.2. The zero-order valence-electron chi connectivity index (χ0n) is 12.4. The van der Waals surface area contributed by atoms with E-state index in [-0.39, 0.29) is 19.0 Å². The number of para-hydroxylation sites is 1. The molecule has 0 atom stereocenters. The van der Waals surface area contributed by atoms with Gasteiger partial charge >= 0.3 is 5.97 Å². The third-order valence-corrected chi connectivity index (χ3v) is 3.69. The smallest absolute Gasteiger partial charge is 0.310 e. The van der Waals surface area contributed by atoms with Crippen LogP contribution in [-0.4, -0.2) is 24.2 Å². The van der Waals surface area contributed by atoms with Gasteiger partial charge in [-0.05, 0) is 35.9 Å². The molecule has 2 aromatic carbocycles. The Morgan fingerprint density at radius 3 is 2.65 bits per heavy atom. The van der Waals surface area contributed by atoms with E-state index in [0.717, 1.165) is 16.5 Å². The highest BCUT2D eigenvalue weighted by atomic mass is 35.5. The van der Waals surface area contributed by atoms with Gasteiger partial charge in [-0.25, -0.2) is 0 Å². The highest BCUT2D eigenvalue weighted by Gasteiger charge is 2.09. The fourth-order valence-electron chi connectivity index (χ4n) is 2.33. The summed E-state index contributed by atoms with van der Waals surface area (Å²) in [6, 6.07) is 14.9. The molecule has 5 heteroatoms. The van der Waals surface area contributed by atoms with E-state index >= 15 is 0 Å². The van der Waals surface area contributed by atoms with Crippen molar-refractivity contribution in [3.8, 4) is 5.75 Å². The first kappa shape index (κ1) is 15.4. The molecule has 118 valence electrons. The van der Waals surface area contributed by atoms with Crippen LogP contribution in [-0.2, 0) is 16.0 Å². The van der Waals surface area contributed by atoms with E-state index < -0.39 is 0 Å². The van der Waals surface area contributed by atoms with Crippen LogP contribution in [0.2, 0.25) is 5.02 Å².